The lowest BCUT2D eigenvalue weighted by Crippen LogP contribution is -2.50. The molecule has 0 saturated carbocycles. The highest BCUT2D eigenvalue weighted by Gasteiger charge is 2.55. The maximum Gasteiger partial charge on any atom is 0.337 e. The Morgan fingerprint density at radius 3 is 2.48 bits per heavy atom. The van der Waals surface area contributed by atoms with Gasteiger partial charge in [-0.15, -0.1) is 0 Å². The van der Waals surface area contributed by atoms with Crippen molar-refractivity contribution in [3.63, 3.8) is 0 Å². The molecule has 3 rings (SSSR count). The predicted molar refractivity (Wildman–Crippen MR) is 93.6 cm³/mol. The van der Waals surface area contributed by atoms with Gasteiger partial charge < -0.3 is 19.2 Å². The van der Waals surface area contributed by atoms with E-state index in [1.54, 1.807) is 24.3 Å². The Balaban J connectivity index is 2.12. The number of methoxy groups -OCH3 is 2. The van der Waals surface area contributed by atoms with Crippen LogP contribution in [-0.2, 0) is 26.4 Å². The molecule has 140 valence electrons. The fourth-order valence-electron chi connectivity index (χ4n) is 3.45. The quantitative estimate of drug-likeness (QED) is 0.576. The van der Waals surface area contributed by atoms with Crippen molar-refractivity contribution in [2.45, 2.75) is 18.5 Å². The molecule has 0 unspecified atom stereocenters. The number of hydrogen-bond acceptors (Lipinski definition) is 5. The SMILES string of the molecule is COC(=O)[C@@]1(CC=O)c2ccc(F)cc2C(=O)N1Cc1ccc(OC)cc1. The zero-order valence-electron chi connectivity index (χ0n) is 14.9. The van der Waals surface area contributed by atoms with Gasteiger partial charge in [-0.1, -0.05) is 18.2 Å². The standard InChI is InChI=1S/C20H18FNO5/c1-26-15-6-3-13(4-7-15)12-22-18(24)16-11-14(21)5-8-17(16)20(22,9-10-23)19(25)27-2/h3-8,10-11H,9,12H2,1-2H3/t20-/m1/s1. The average molecular weight is 371 g/mol. The number of nitrogens with zero attached hydrogens (tertiary/aromatic N) is 1. The van der Waals surface area contributed by atoms with Crippen LogP contribution in [0.5, 0.6) is 5.75 Å². The smallest absolute Gasteiger partial charge is 0.337 e. The summed E-state index contributed by atoms with van der Waals surface area (Å²) in [5.74, 6) is -1.24. The third-order valence-electron chi connectivity index (χ3n) is 4.77. The molecule has 6 nitrogen and oxygen atoms in total. The molecule has 1 atom stereocenters. The highest BCUT2D eigenvalue weighted by Crippen LogP contribution is 2.43. The monoisotopic (exact) mass is 371 g/mol. The minimum absolute atomic E-state index is 0.0437. The zero-order valence-corrected chi connectivity index (χ0v) is 14.9. The number of benzene rings is 2. The summed E-state index contributed by atoms with van der Waals surface area (Å²) in [4.78, 5) is 38.4. The number of esters is 1. The zero-order chi connectivity index (χ0) is 19.6. The van der Waals surface area contributed by atoms with E-state index in [9.17, 15) is 18.8 Å². The first-order chi connectivity index (χ1) is 13.0. The van der Waals surface area contributed by atoms with Crippen molar-refractivity contribution >= 4 is 18.2 Å². The molecule has 1 aliphatic heterocycles. The van der Waals surface area contributed by atoms with Crippen LogP contribution in [0.2, 0.25) is 0 Å². The van der Waals surface area contributed by atoms with E-state index >= 15 is 0 Å². The molecular weight excluding hydrogens is 353 g/mol. The third kappa shape index (κ3) is 2.95. The van der Waals surface area contributed by atoms with E-state index in [0.29, 0.717) is 12.0 Å². The van der Waals surface area contributed by atoms with Crippen LogP contribution >= 0.6 is 0 Å². The minimum Gasteiger partial charge on any atom is -0.497 e. The Morgan fingerprint density at radius 1 is 1.19 bits per heavy atom. The summed E-state index contributed by atoms with van der Waals surface area (Å²) in [7, 11) is 2.73. The Morgan fingerprint density at radius 2 is 1.89 bits per heavy atom. The molecule has 1 aliphatic rings. The second kappa shape index (κ2) is 7.19. The first kappa shape index (κ1) is 18.6. The van der Waals surface area contributed by atoms with Gasteiger partial charge in [0.05, 0.1) is 14.2 Å². The summed E-state index contributed by atoms with van der Waals surface area (Å²) in [6, 6.07) is 10.5. The van der Waals surface area contributed by atoms with Crippen molar-refractivity contribution < 1.29 is 28.2 Å². The molecule has 2 aromatic rings. The van der Waals surface area contributed by atoms with Crippen molar-refractivity contribution in [2.24, 2.45) is 0 Å². The number of fused-ring (bicyclic) bond motifs is 1. The molecule has 0 saturated heterocycles. The fourth-order valence-corrected chi connectivity index (χ4v) is 3.45. The van der Waals surface area contributed by atoms with Gasteiger partial charge in [0.25, 0.3) is 5.91 Å². The van der Waals surface area contributed by atoms with Crippen LogP contribution in [0, 0.1) is 5.82 Å². The van der Waals surface area contributed by atoms with Gasteiger partial charge in [-0.05, 0) is 29.8 Å². The highest BCUT2D eigenvalue weighted by atomic mass is 19.1. The number of carbonyl (C=O) groups excluding carboxylic acids is 3. The van der Waals surface area contributed by atoms with Crippen LogP contribution in [0.3, 0.4) is 0 Å². The van der Waals surface area contributed by atoms with Crippen molar-refractivity contribution in [2.75, 3.05) is 14.2 Å². The summed E-state index contributed by atoms with van der Waals surface area (Å²) >= 11 is 0. The van der Waals surface area contributed by atoms with E-state index < -0.39 is 23.2 Å². The number of carbonyl (C=O) groups is 3. The second-order valence-electron chi connectivity index (χ2n) is 6.15. The van der Waals surface area contributed by atoms with Gasteiger partial charge in [0.1, 0.15) is 17.9 Å². The highest BCUT2D eigenvalue weighted by molar-refractivity contribution is 6.06. The largest absolute Gasteiger partial charge is 0.497 e. The van der Waals surface area contributed by atoms with Crippen LogP contribution in [0.1, 0.15) is 27.9 Å². The topological polar surface area (TPSA) is 72.9 Å². The maximum atomic E-state index is 13.7. The van der Waals surface area contributed by atoms with Crippen molar-refractivity contribution in [3.05, 3.63) is 65.0 Å². The Labute approximate surface area is 155 Å². The molecule has 0 radical (unpaired) electrons. The number of ether oxygens (including phenoxy) is 2. The van der Waals surface area contributed by atoms with Gasteiger partial charge in [-0.3, -0.25) is 4.79 Å². The van der Waals surface area contributed by atoms with Gasteiger partial charge in [0.15, 0.2) is 5.54 Å². The molecule has 0 fully saturated rings. The van der Waals surface area contributed by atoms with Crippen molar-refractivity contribution in [3.8, 4) is 5.75 Å². The lowest BCUT2D eigenvalue weighted by molar-refractivity contribution is -0.155. The molecule has 0 aliphatic carbocycles. The number of aldehydes is 1. The lowest BCUT2D eigenvalue weighted by Gasteiger charge is -2.35. The number of amides is 1. The maximum absolute atomic E-state index is 13.7. The van der Waals surface area contributed by atoms with Crippen LogP contribution < -0.4 is 4.74 Å². The summed E-state index contributed by atoms with van der Waals surface area (Å²) in [5, 5.41) is 0. The predicted octanol–water partition coefficient (Wildman–Crippen LogP) is 2.45. The van der Waals surface area contributed by atoms with Crippen LogP contribution in [0.15, 0.2) is 42.5 Å². The van der Waals surface area contributed by atoms with E-state index in [2.05, 4.69) is 0 Å². The van der Waals surface area contributed by atoms with Gasteiger partial charge in [0, 0.05) is 24.1 Å². The molecular formula is C20H18FNO5. The van der Waals surface area contributed by atoms with Gasteiger partial charge >= 0.3 is 5.97 Å². The van der Waals surface area contributed by atoms with Crippen LogP contribution in [0.4, 0.5) is 4.39 Å². The molecule has 0 spiro atoms. The Bertz CT molecular complexity index is 896. The fraction of sp³-hybridized carbons (Fsp3) is 0.250. The summed E-state index contributed by atoms with van der Waals surface area (Å²) in [6.07, 6.45) is 0.268. The first-order valence-corrected chi connectivity index (χ1v) is 8.25. The molecule has 7 heteroatoms. The van der Waals surface area contributed by atoms with Crippen molar-refractivity contribution in [1.82, 2.24) is 4.90 Å². The lowest BCUT2D eigenvalue weighted by atomic mass is 9.86. The number of rotatable bonds is 6. The number of halogens is 1. The first-order valence-electron chi connectivity index (χ1n) is 8.25. The van der Waals surface area contributed by atoms with E-state index in [1.807, 2.05) is 0 Å². The van der Waals surface area contributed by atoms with Gasteiger partial charge in [-0.25, -0.2) is 9.18 Å². The minimum atomic E-state index is -1.63. The van der Waals surface area contributed by atoms with Crippen molar-refractivity contribution in [1.29, 1.82) is 0 Å². The molecule has 0 aromatic heterocycles. The molecule has 27 heavy (non-hydrogen) atoms. The van der Waals surface area contributed by atoms with Crippen LogP contribution in [0.25, 0.3) is 0 Å². The summed E-state index contributed by atoms with van der Waals surface area (Å²) in [5.41, 5.74) is -0.593. The normalized spacial score (nSPS) is 18.2. The van der Waals surface area contributed by atoms with Crippen LogP contribution in [-0.4, -0.2) is 37.3 Å². The molecule has 1 amide bonds. The van der Waals surface area contributed by atoms with E-state index in [0.717, 1.165) is 17.7 Å². The van der Waals surface area contributed by atoms with Gasteiger partial charge in [-0.2, -0.15) is 0 Å². The molecule has 0 N–H and O–H groups in total. The van der Waals surface area contributed by atoms with Gasteiger partial charge in [0.2, 0.25) is 0 Å². The Kier molecular flexibility index (Phi) is 4.94. The Hall–Kier alpha value is -3.22. The molecule has 1 heterocycles. The second-order valence-corrected chi connectivity index (χ2v) is 6.15. The summed E-state index contributed by atoms with van der Waals surface area (Å²) < 4.78 is 23.8. The molecule has 0 bridgehead atoms. The van der Waals surface area contributed by atoms with E-state index in [1.165, 1.54) is 25.2 Å². The van der Waals surface area contributed by atoms with E-state index in [-0.39, 0.29) is 24.1 Å². The summed E-state index contributed by atoms with van der Waals surface area (Å²) in [6.45, 7) is 0.0437. The van der Waals surface area contributed by atoms with E-state index in [4.69, 9.17) is 9.47 Å². The third-order valence-corrected chi connectivity index (χ3v) is 4.77. The number of hydrogen-bond donors (Lipinski definition) is 0. The average Bonchev–Trinajstić information content (AvgIpc) is 2.91. The molecule has 2 aromatic carbocycles.